The number of benzene rings is 1. The summed E-state index contributed by atoms with van der Waals surface area (Å²) in [7, 11) is 0. The smallest absolute Gasteiger partial charge is 0.221 e. The van der Waals surface area contributed by atoms with E-state index in [4.69, 9.17) is 12.2 Å². The summed E-state index contributed by atoms with van der Waals surface area (Å²) in [6.07, 6.45) is 0. The molecule has 0 saturated carbocycles. The molecule has 5 heteroatoms. The Bertz CT molecular complexity index is 393. The zero-order valence-electron chi connectivity index (χ0n) is 9.33. The van der Waals surface area contributed by atoms with Gasteiger partial charge in [-0.15, -0.1) is 0 Å². The van der Waals surface area contributed by atoms with Crippen LogP contribution in [0.5, 0.6) is 0 Å². The fourth-order valence-electron chi connectivity index (χ4n) is 1.21. The number of hydrogen-bond acceptors (Lipinski definition) is 2. The van der Waals surface area contributed by atoms with Crippen molar-refractivity contribution in [2.75, 3.05) is 17.2 Å². The minimum atomic E-state index is -0.0913. The number of carbonyl (C=O) groups excluding carboxylic acids is 1. The van der Waals surface area contributed by atoms with Crippen LogP contribution in [-0.4, -0.2) is 17.6 Å². The first-order valence-electron chi connectivity index (χ1n) is 5.04. The number of nitrogens with one attached hydrogen (secondary N) is 3. The molecule has 0 saturated heterocycles. The Kier molecular flexibility index (Phi) is 4.72. The van der Waals surface area contributed by atoms with Gasteiger partial charge in [-0.2, -0.15) is 0 Å². The summed E-state index contributed by atoms with van der Waals surface area (Å²) in [4.78, 5) is 10.9. The van der Waals surface area contributed by atoms with Crippen LogP contribution in [0.25, 0.3) is 0 Å². The molecular formula is C11H15N3OS. The van der Waals surface area contributed by atoms with Crippen molar-refractivity contribution in [2.24, 2.45) is 0 Å². The highest BCUT2D eigenvalue weighted by atomic mass is 32.1. The molecule has 0 atom stereocenters. The van der Waals surface area contributed by atoms with E-state index in [1.54, 1.807) is 0 Å². The molecule has 0 bridgehead atoms. The lowest BCUT2D eigenvalue weighted by atomic mass is 10.3. The molecule has 3 N–H and O–H groups in total. The molecule has 1 rings (SSSR count). The fraction of sp³-hybridized carbons (Fsp3) is 0.273. The van der Waals surface area contributed by atoms with Crippen LogP contribution in [0.2, 0.25) is 0 Å². The Hall–Kier alpha value is -1.62. The van der Waals surface area contributed by atoms with Gasteiger partial charge >= 0.3 is 0 Å². The number of amides is 1. The molecule has 1 aromatic carbocycles. The van der Waals surface area contributed by atoms with E-state index in [1.165, 1.54) is 6.92 Å². The third-order valence-corrected chi connectivity index (χ3v) is 2.02. The zero-order chi connectivity index (χ0) is 12.0. The molecule has 0 unspecified atom stereocenters. The maximum Gasteiger partial charge on any atom is 0.221 e. The molecule has 86 valence electrons. The predicted molar refractivity (Wildman–Crippen MR) is 70.6 cm³/mol. The topological polar surface area (TPSA) is 53.2 Å². The molecule has 0 aliphatic heterocycles. The van der Waals surface area contributed by atoms with Crippen molar-refractivity contribution < 1.29 is 4.79 Å². The lowest BCUT2D eigenvalue weighted by Crippen LogP contribution is -2.27. The number of rotatable bonds is 3. The normalized spacial score (nSPS) is 9.38. The van der Waals surface area contributed by atoms with Gasteiger partial charge in [-0.1, -0.05) is 6.07 Å². The first-order valence-corrected chi connectivity index (χ1v) is 5.45. The van der Waals surface area contributed by atoms with Gasteiger partial charge in [0.1, 0.15) is 0 Å². The fourth-order valence-corrected chi connectivity index (χ4v) is 1.48. The molecule has 16 heavy (non-hydrogen) atoms. The number of carbonyl (C=O) groups is 1. The molecule has 1 aromatic rings. The van der Waals surface area contributed by atoms with Gasteiger partial charge in [-0.05, 0) is 37.3 Å². The molecular weight excluding hydrogens is 222 g/mol. The lowest BCUT2D eigenvalue weighted by Gasteiger charge is -2.10. The van der Waals surface area contributed by atoms with Gasteiger partial charge in [0, 0.05) is 24.8 Å². The van der Waals surface area contributed by atoms with Crippen LogP contribution in [0.15, 0.2) is 24.3 Å². The van der Waals surface area contributed by atoms with E-state index in [0.29, 0.717) is 5.11 Å². The zero-order valence-corrected chi connectivity index (χ0v) is 10.1. The standard InChI is InChI=1S/C11H15N3OS/c1-3-12-11(16)14-10-6-4-5-9(7-10)13-8(2)15/h4-7H,3H2,1-2H3,(H,13,15)(H2,12,14,16). The van der Waals surface area contributed by atoms with E-state index in [1.807, 2.05) is 31.2 Å². The van der Waals surface area contributed by atoms with Crippen molar-refractivity contribution in [3.8, 4) is 0 Å². The summed E-state index contributed by atoms with van der Waals surface area (Å²) < 4.78 is 0. The molecule has 0 spiro atoms. The average Bonchev–Trinajstić information content (AvgIpc) is 2.17. The first kappa shape index (κ1) is 12.4. The van der Waals surface area contributed by atoms with Crippen molar-refractivity contribution in [3.63, 3.8) is 0 Å². The van der Waals surface area contributed by atoms with Crippen LogP contribution in [0, 0.1) is 0 Å². The largest absolute Gasteiger partial charge is 0.363 e. The molecule has 4 nitrogen and oxygen atoms in total. The van der Waals surface area contributed by atoms with Crippen LogP contribution < -0.4 is 16.0 Å². The highest BCUT2D eigenvalue weighted by Gasteiger charge is 1.99. The molecule has 0 heterocycles. The van der Waals surface area contributed by atoms with Crippen LogP contribution in [0.3, 0.4) is 0 Å². The van der Waals surface area contributed by atoms with E-state index in [0.717, 1.165) is 17.9 Å². The van der Waals surface area contributed by atoms with E-state index in [-0.39, 0.29) is 5.91 Å². The Morgan fingerprint density at radius 1 is 1.31 bits per heavy atom. The van der Waals surface area contributed by atoms with Crippen LogP contribution in [-0.2, 0) is 4.79 Å². The van der Waals surface area contributed by atoms with Gasteiger partial charge in [0.05, 0.1) is 0 Å². The van der Waals surface area contributed by atoms with Crippen LogP contribution in [0.1, 0.15) is 13.8 Å². The molecule has 0 aromatic heterocycles. The highest BCUT2D eigenvalue weighted by molar-refractivity contribution is 7.80. The van der Waals surface area contributed by atoms with Gasteiger partial charge in [-0.3, -0.25) is 4.79 Å². The van der Waals surface area contributed by atoms with Crippen LogP contribution >= 0.6 is 12.2 Å². The Morgan fingerprint density at radius 3 is 2.50 bits per heavy atom. The van der Waals surface area contributed by atoms with Crippen molar-refractivity contribution in [1.82, 2.24) is 5.32 Å². The maximum atomic E-state index is 10.9. The van der Waals surface area contributed by atoms with Crippen molar-refractivity contribution in [2.45, 2.75) is 13.8 Å². The molecule has 0 fully saturated rings. The van der Waals surface area contributed by atoms with E-state index in [2.05, 4.69) is 16.0 Å². The monoisotopic (exact) mass is 237 g/mol. The van der Waals surface area contributed by atoms with Gasteiger partial charge in [0.25, 0.3) is 0 Å². The second-order valence-electron chi connectivity index (χ2n) is 3.25. The van der Waals surface area contributed by atoms with Gasteiger partial charge in [0.2, 0.25) is 5.91 Å². The second kappa shape index (κ2) is 6.07. The maximum absolute atomic E-state index is 10.9. The first-order chi connectivity index (χ1) is 7.61. The van der Waals surface area contributed by atoms with Crippen molar-refractivity contribution >= 4 is 34.6 Å². The molecule has 0 aliphatic carbocycles. The molecule has 0 aliphatic rings. The minimum Gasteiger partial charge on any atom is -0.363 e. The third-order valence-electron chi connectivity index (χ3n) is 1.78. The summed E-state index contributed by atoms with van der Waals surface area (Å²) in [5.41, 5.74) is 1.59. The predicted octanol–water partition coefficient (Wildman–Crippen LogP) is 1.95. The summed E-state index contributed by atoms with van der Waals surface area (Å²) in [6, 6.07) is 7.38. The van der Waals surface area contributed by atoms with Gasteiger partial charge in [-0.25, -0.2) is 0 Å². The van der Waals surface area contributed by atoms with E-state index >= 15 is 0 Å². The highest BCUT2D eigenvalue weighted by Crippen LogP contribution is 2.14. The van der Waals surface area contributed by atoms with E-state index < -0.39 is 0 Å². The SMILES string of the molecule is CCNC(=S)Nc1cccc(NC(C)=O)c1. The summed E-state index contributed by atoms with van der Waals surface area (Å²) in [6.45, 7) is 4.22. The summed E-state index contributed by atoms with van der Waals surface area (Å²) in [5, 5.41) is 9.29. The van der Waals surface area contributed by atoms with Crippen molar-refractivity contribution in [3.05, 3.63) is 24.3 Å². The number of hydrogen-bond donors (Lipinski definition) is 3. The number of anilines is 2. The summed E-state index contributed by atoms with van der Waals surface area (Å²) in [5.74, 6) is -0.0913. The quantitative estimate of drug-likeness (QED) is 0.703. The molecule has 0 radical (unpaired) electrons. The van der Waals surface area contributed by atoms with E-state index in [9.17, 15) is 4.79 Å². The Labute approximate surface area is 100 Å². The van der Waals surface area contributed by atoms with Crippen molar-refractivity contribution in [1.29, 1.82) is 0 Å². The number of thiocarbonyl (C=S) groups is 1. The Morgan fingerprint density at radius 2 is 1.94 bits per heavy atom. The van der Waals surface area contributed by atoms with Gasteiger partial charge in [0.15, 0.2) is 5.11 Å². The van der Waals surface area contributed by atoms with Crippen LogP contribution in [0.4, 0.5) is 11.4 Å². The third kappa shape index (κ3) is 4.27. The second-order valence-corrected chi connectivity index (χ2v) is 3.65. The molecule has 1 amide bonds. The minimum absolute atomic E-state index is 0.0913. The Balaban J connectivity index is 2.67. The lowest BCUT2D eigenvalue weighted by molar-refractivity contribution is -0.114. The van der Waals surface area contributed by atoms with Gasteiger partial charge < -0.3 is 16.0 Å². The average molecular weight is 237 g/mol. The summed E-state index contributed by atoms with van der Waals surface area (Å²) >= 11 is 5.06.